The molecule has 0 spiro atoms. The number of hydrogen-bond donors (Lipinski definition) is 1. The standard InChI is InChI=1S/C12H14F2O2/c1-16-12(7-2-3-7)11(15)8-4-5-9(13)10(14)6-8/h4-7,11-12,15H,2-3H2,1H3. The summed E-state index contributed by atoms with van der Waals surface area (Å²) in [5.41, 5.74) is 0.359. The number of benzene rings is 1. The number of ether oxygens (including phenoxy) is 1. The van der Waals surface area contributed by atoms with Crippen LogP contribution >= 0.6 is 0 Å². The van der Waals surface area contributed by atoms with Crippen LogP contribution in [0.2, 0.25) is 0 Å². The summed E-state index contributed by atoms with van der Waals surface area (Å²) in [5, 5.41) is 9.99. The van der Waals surface area contributed by atoms with Gasteiger partial charge >= 0.3 is 0 Å². The minimum absolute atomic E-state index is 0.327. The highest BCUT2D eigenvalue weighted by Gasteiger charge is 2.36. The van der Waals surface area contributed by atoms with Gasteiger partial charge in [-0.25, -0.2) is 8.78 Å². The smallest absolute Gasteiger partial charge is 0.159 e. The van der Waals surface area contributed by atoms with Crippen LogP contribution in [0.15, 0.2) is 18.2 Å². The summed E-state index contributed by atoms with van der Waals surface area (Å²) in [6.07, 6.45) is 0.802. The molecule has 0 amide bonds. The molecule has 1 N–H and O–H groups in total. The number of methoxy groups -OCH3 is 1. The molecular weight excluding hydrogens is 214 g/mol. The Labute approximate surface area is 92.9 Å². The lowest BCUT2D eigenvalue weighted by Crippen LogP contribution is -2.23. The molecule has 1 fully saturated rings. The maximum absolute atomic E-state index is 13.0. The van der Waals surface area contributed by atoms with Crippen LogP contribution in [0.3, 0.4) is 0 Å². The van der Waals surface area contributed by atoms with Gasteiger partial charge in [-0.3, -0.25) is 0 Å². The Balaban J connectivity index is 2.18. The zero-order chi connectivity index (χ0) is 11.7. The van der Waals surface area contributed by atoms with E-state index in [0.29, 0.717) is 11.5 Å². The monoisotopic (exact) mass is 228 g/mol. The molecule has 1 aliphatic rings. The molecule has 1 aromatic carbocycles. The molecule has 0 aliphatic heterocycles. The highest BCUT2D eigenvalue weighted by Crippen LogP contribution is 2.39. The van der Waals surface area contributed by atoms with Crippen molar-refractivity contribution < 1.29 is 18.6 Å². The summed E-state index contributed by atoms with van der Waals surface area (Å²) in [6, 6.07) is 3.43. The minimum atomic E-state index is -0.942. The highest BCUT2D eigenvalue weighted by atomic mass is 19.2. The van der Waals surface area contributed by atoms with Gasteiger partial charge in [0.05, 0.1) is 6.10 Å². The Hall–Kier alpha value is -1.00. The molecule has 0 heterocycles. The fourth-order valence-corrected chi connectivity index (χ4v) is 1.89. The third kappa shape index (κ3) is 2.23. The first kappa shape index (κ1) is 11.5. The topological polar surface area (TPSA) is 29.5 Å². The molecule has 2 rings (SSSR count). The first-order valence-electron chi connectivity index (χ1n) is 5.29. The maximum Gasteiger partial charge on any atom is 0.159 e. The van der Waals surface area contributed by atoms with E-state index in [4.69, 9.17) is 4.74 Å². The summed E-state index contributed by atoms with van der Waals surface area (Å²) in [5.74, 6) is -1.52. The minimum Gasteiger partial charge on any atom is -0.386 e. The van der Waals surface area contributed by atoms with E-state index >= 15 is 0 Å². The lowest BCUT2D eigenvalue weighted by molar-refractivity contribution is -0.0260. The molecule has 1 saturated carbocycles. The van der Waals surface area contributed by atoms with E-state index in [2.05, 4.69) is 0 Å². The number of rotatable bonds is 4. The van der Waals surface area contributed by atoms with Gasteiger partial charge in [0, 0.05) is 7.11 Å². The second kappa shape index (κ2) is 4.47. The normalized spacial score (nSPS) is 19.5. The second-order valence-corrected chi connectivity index (χ2v) is 4.16. The second-order valence-electron chi connectivity index (χ2n) is 4.16. The average Bonchev–Trinajstić information content (AvgIpc) is 3.07. The first-order chi connectivity index (χ1) is 7.63. The number of hydrogen-bond acceptors (Lipinski definition) is 2. The van der Waals surface area contributed by atoms with Crippen LogP contribution in [0.25, 0.3) is 0 Å². The van der Waals surface area contributed by atoms with Crippen LogP contribution < -0.4 is 0 Å². The molecule has 0 bridgehead atoms. The van der Waals surface area contributed by atoms with E-state index < -0.39 is 17.7 Å². The van der Waals surface area contributed by atoms with Crippen LogP contribution in [0.4, 0.5) is 8.78 Å². The third-order valence-corrected chi connectivity index (χ3v) is 2.96. The van der Waals surface area contributed by atoms with E-state index in [0.717, 1.165) is 25.0 Å². The maximum atomic E-state index is 13.0. The summed E-state index contributed by atoms with van der Waals surface area (Å²) >= 11 is 0. The van der Waals surface area contributed by atoms with E-state index in [1.54, 1.807) is 0 Å². The Morgan fingerprint density at radius 3 is 2.50 bits per heavy atom. The molecule has 1 aliphatic carbocycles. The van der Waals surface area contributed by atoms with Gasteiger partial charge in [0.25, 0.3) is 0 Å². The van der Waals surface area contributed by atoms with E-state index in [1.807, 2.05) is 0 Å². The van der Waals surface area contributed by atoms with Crippen LogP contribution in [0.5, 0.6) is 0 Å². The molecule has 16 heavy (non-hydrogen) atoms. The predicted octanol–water partition coefficient (Wildman–Crippen LogP) is 2.42. The van der Waals surface area contributed by atoms with Gasteiger partial charge < -0.3 is 9.84 Å². The van der Waals surface area contributed by atoms with E-state index in [9.17, 15) is 13.9 Å². The third-order valence-electron chi connectivity index (χ3n) is 2.96. The van der Waals surface area contributed by atoms with E-state index in [1.165, 1.54) is 13.2 Å². The largest absolute Gasteiger partial charge is 0.386 e. The molecule has 1 aromatic rings. The van der Waals surface area contributed by atoms with E-state index in [-0.39, 0.29) is 6.10 Å². The van der Waals surface area contributed by atoms with Crippen LogP contribution in [-0.2, 0) is 4.74 Å². The van der Waals surface area contributed by atoms with Crippen molar-refractivity contribution >= 4 is 0 Å². The fraction of sp³-hybridized carbons (Fsp3) is 0.500. The van der Waals surface area contributed by atoms with Gasteiger partial charge in [-0.2, -0.15) is 0 Å². The van der Waals surface area contributed by atoms with Gasteiger partial charge in [-0.15, -0.1) is 0 Å². The van der Waals surface area contributed by atoms with Gasteiger partial charge in [0.1, 0.15) is 6.10 Å². The van der Waals surface area contributed by atoms with Crippen molar-refractivity contribution in [2.45, 2.75) is 25.0 Å². The lowest BCUT2D eigenvalue weighted by atomic mass is 10.0. The number of halogens is 2. The predicted molar refractivity (Wildman–Crippen MR) is 54.8 cm³/mol. The van der Waals surface area contributed by atoms with Gasteiger partial charge in [-0.1, -0.05) is 6.07 Å². The van der Waals surface area contributed by atoms with Crippen molar-refractivity contribution in [1.82, 2.24) is 0 Å². The van der Waals surface area contributed by atoms with Gasteiger partial charge in [0.15, 0.2) is 11.6 Å². The molecule has 4 heteroatoms. The zero-order valence-corrected chi connectivity index (χ0v) is 8.99. The van der Waals surface area contributed by atoms with Crippen LogP contribution in [0.1, 0.15) is 24.5 Å². The van der Waals surface area contributed by atoms with Gasteiger partial charge in [0.2, 0.25) is 0 Å². The summed E-state index contributed by atoms with van der Waals surface area (Å²) in [6.45, 7) is 0. The SMILES string of the molecule is COC(C1CC1)C(O)c1ccc(F)c(F)c1. The van der Waals surface area contributed by atoms with Gasteiger partial charge in [-0.05, 0) is 36.5 Å². The van der Waals surface area contributed by atoms with Crippen molar-refractivity contribution in [3.63, 3.8) is 0 Å². The lowest BCUT2D eigenvalue weighted by Gasteiger charge is -2.21. The summed E-state index contributed by atoms with van der Waals surface area (Å²) in [4.78, 5) is 0. The molecule has 0 aromatic heterocycles. The van der Waals surface area contributed by atoms with Crippen molar-refractivity contribution in [1.29, 1.82) is 0 Å². The molecular formula is C12H14F2O2. The average molecular weight is 228 g/mol. The van der Waals surface area contributed by atoms with Crippen molar-refractivity contribution in [2.24, 2.45) is 5.92 Å². The number of aliphatic hydroxyl groups is 1. The zero-order valence-electron chi connectivity index (χ0n) is 8.99. The molecule has 88 valence electrons. The summed E-state index contributed by atoms with van der Waals surface area (Å²) < 4.78 is 30.9. The molecule has 2 unspecified atom stereocenters. The van der Waals surface area contributed by atoms with Crippen molar-refractivity contribution in [3.8, 4) is 0 Å². The summed E-state index contributed by atoms with van der Waals surface area (Å²) in [7, 11) is 1.52. The van der Waals surface area contributed by atoms with Crippen molar-refractivity contribution in [3.05, 3.63) is 35.4 Å². The van der Waals surface area contributed by atoms with Crippen LogP contribution in [0, 0.1) is 17.6 Å². The molecule has 0 radical (unpaired) electrons. The number of aliphatic hydroxyl groups excluding tert-OH is 1. The fourth-order valence-electron chi connectivity index (χ4n) is 1.89. The Kier molecular flexibility index (Phi) is 3.21. The first-order valence-corrected chi connectivity index (χ1v) is 5.29. The molecule has 0 saturated heterocycles. The highest BCUT2D eigenvalue weighted by molar-refractivity contribution is 5.21. The Morgan fingerprint density at radius 1 is 1.31 bits per heavy atom. The van der Waals surface area contributed by atoms with Crippen LogP contribution in [-0.4, -0.2) is 18.3 Å². The van der Waals surface area contributed by atoms with Crippen molar-refractivity contribution in [2.75, 3.05) is 7.11 Å². The Morgan fingerprint density at radius 2 is 2.00 bits per heavy atom. The Bertz CT molecular complexity index is 377. The molecule has 2 nitrogen and oxygen atoms in total. The molecule has 2 atom stereocenters. The quantitative estimate of drug-likeness (QED) is 0.857.